The number of carbonyl (C=O) groups excluding carboxylic acids is 1. The molecule has 2 aromatic heterocycles. The van der Waals surface area contributed by atoms with E-state index in [-0.39, 0.29) is 22.8 Å². The first-order valence-corrected chi connectivity index (χ1v) is 9.94. The van der Waals surface area contributed by atoms with Crippen molar-refractivity contribution in [3.8, 4) is 11.3 Å². The number of fused-ring (bicyclic) bond motifs is 1. The van der Waals surface area contributed by atoms with Crippen molar-refractivity contribution in [2.24, 2.45) is 0 Å². The lowest BCUT2D eigenvalue weighted by molar-refractivity contribution is 0.0374. The van der Waals surface area contributed by atoms with Crippen molar-refractivity contribution in [3.63, 3.8) is 0 Å². The monoisotopic (exact) mass is 415 g/mol. The Morgan fingerprint density at radius 1 is 1.20 bits per heavy atom. The lowest BCUT2D eigenvalue weighted by atomic mass is 10.1. The third-order valence-corrected chi connectivity index (χ3v) is 5.08. The highest BCUT2D eigenvalue weighted by molar-refractivity contribution is 5.99. The Morgan fingerprint density at radius 2 is 1.97 bits per heavy atom. The number of halogens is 2. The molecule has 4 rings (SSSR count). The maximum absolute atomic E-state index is 13.6. The van der Waals surface area contributed by atoms with Crippen molar-refractivity contribution in [1.82, 2.24) is 24.8 Å². The molecule has 158 valence electrons. The fourth-order valence-electron chi connectivity index (χ4n) is 3.48. The molecule has 1 fully saturated rings. The average Bonchev–Trinajstić information content (AvgIpc) is 3.21. The molecule has 0 aliphatic carbocycles. The van der Waals surface area contributed by atoms with E-state index in [1.54, 1.807) is 12.1 Å². The van der Waals surface area contributed by atoms with Gasteiger partial charge in [-0.05, 0) is 19.0 Å². The summed E-state index contributed by atoms with van der Waals surface area (Å²) in [5.74, 6) is -0.370. The van der Waals surface area contributed by atoms with Crippen molar-refractivity contribution in [3.05, 3.63) is 53.9 Å². The average molecular weight is 415 g/mol. The highest BCUT2D eigenvalue weighted by atomic mass is 19.3. The van der Waals surface area contributed by atoms with E-state index in [2.05, 4.69) is 20.3 Å². The fourth-order valence-corrected chi connectivity index (χ4v) is 3.48. The molecule has 3 aromatic rings. The van der Waals surface area contributed by atoms with Gasteiger partial charge in [-0.15, -0.1) is 0 Å². The van der Waals surface area contributed by atoms with Gasteiger partial charge >= 0.3 is 0 Å². The van der Waals surface area contributed by atoms with E-state index >= 15 is 0 Å². The SMILES string of the molecule is O=C(NCCCN1CCOCC1)c1cnn2c(C(F)F)cc(-c3ccccc3)nc12. The van der Waals surface area contributed by atoms with Crippen molar-refractivity contribution in [2.45, 2.75) is 12.8 Å². The van der Waals surface area contributed by atoms with Gasteiger partial charge in [0.2, 0.25) is 0 Å². The summed E-state index contributed by atoms with van der Waals surface area (Å²) in [6.07, 6.45) is -0.668. The molecule has 0 radical (unpaired) electrons. The first kappa shape index (κ1) is 20.4. The maximum Gasteiger partial charge on any atom is 0.280 e. The number of benzene rings is 1. The second kappa shape index (κ2) is 9.27. The van der Waals surface area contributed by atoms with Crippen molar-refractivity contribution in [1.29, 1.82) is 0 Å². The Morgan fingerprint density at radius 3 is 2.70 bits per heavy atom. The number of ether oxygens (including phenoxy) is 1. The minimum atomic E-state index is -2.75. The van der Waals surface area contributed by atoms with Crippen LogP contribution in [0.1, 0.15) is 28.9 Å². The first-order valence-electron chi connectivity index (χ1n) is 9.94. The number of hydrogen-bond donors (Lipinski definition) is 1. The van der Waals surface area contributed by atoms with Crippen LogP contribution in [0.15, 0.2) is 42.6 Å². The van der Waals surface area contributed by atoms with Gasteiger partial charge in [0.15, 0.2) is 5.65 Å². The van der Waals surface area contributed by atoms with Crippen LogP contribution < -0.4 is 5.32 Å². The third kappa shape index (κ3) is 4.47. The molecule has 1 amide bonds. The minimum absolute atomic E-state index is 0.123. The molecule has 30 heavy (non-hydrogen) atoms. The normalized spacial score (nSPS) is 15.0. The molecule has 0 bridgehead atoms. The van der Waals surface area contributed by atoms with Crippen LogP contribution in [0.25, 0.3) is 16.9 Å². The Labute approximate surface area is 172 Å². The molecule has 3 heterocycles. The number of carbonyl (C=O) groups is 1. The summed E-state index contributed by atoms with van der Waals surface area (Å²) < 4.78 is 33.6. The summed E-state index contributed by atoms with van der Waals surface area (Å²) in [5, 5.41) is 6.84. The molecule has 0 saturated carbocycles. The summed E-state index contributed by atoms with van der Waals surface area (Å²) in [7, 11) is 0. The Hall–Kier alpha value is -2.91. The van der Waals surface area contributed by atoms with Crippen molar-refractivity contribution < 1.29 is 18.3 Å². The largest absolute Gasteiger partial charge is 0.379 e. The van der Waals surface area contributed by atoms with Crippen LogP contribution in [-0.4, -0.2) is 64.8 Å². The summed E-state index contributed by atoms with van der Waals surface area (Å²) in [6, 6.07) is 10.3. The van der Waals surface area contributed by atoms with E-state index in [1.807, 2.05) is 18.2 Å². The van der Waals surface area contributed by atoms with Gasteiger partial charge in [0.1, 0.15) is 11.3 Å². The number of nitrogens with zero attached hydrogens (tertiary/aromatic N) is 4. The van der Waals surface area contributed by atoms with E-state index in [4.69, 9.17) is 4.74 Å². The highest BCUT2D eigenvalue weighted by Gasteiger charge is 2.21. The molecular formula is C21H23F2N5O2. The zero-order chi connectivity index (χ0) is 20.9. The van der Waals surface area contributed by atoms with Gasteiger partial charge in [-0.25, -0.2) is 18.3 Å². The van der Waals surface area contributed by atoms with Gasteiger partial charge in [0, 0.05) is 25.2 Å². The molecule has 9 heteroatoms. The molecule has 7 nitrogen and oxygen atoms in total. The molecule has 0 atom stereocenters. The second-order valence-electron chi connectivity index (χ2n) is 7.09. The molecule has 1 aliphatic heterocycles. The smallest absolute Gasteiger partial charge is 0.280 e. The lowest BCUT2D eigenvalue weighted by Crippen LogP contribution is -2.38. The van der Waals surface area contributed by atoms with Crippen molar-refractivity contribution in [2.75, 3.05) is 39.4 Å². The molecule has 0 spiro atoms. The van der Waals surface area contributed by atoms with Gasteiger partial charge in [-0.1, -0.05) is 30.3 Å². The highest BCUT2D eigenvalue weighted by Crippen LogP contribution is 2.26. The predicted molar refractivity (Wildman–Crippen MR) is 108 cm³/mol. The van der Waals surface area contributed by atoms with Crippen LogP contribution in [0.4, 0.5) is 8.78 Å². The van der Waals surface area contributed by atoms with E-state index in [0.29, 0.717) is 17.8 Å². The first-order chi connectivity index (χ1) is 14.6. The van der Waals surface area contributed by atoms with E-state index in [1.165, 1.54) is 12.3 Å². The number of aromatic nitrogens is 3. The Balaban J connectivity index is 1.52. The quantitative estimate of drug-likeness (QED) is 0.601. The van der Waals surface area contributed by atoms with Gasteiger partial charge in [-0.3, -0.25) is 9.69 Å². The number of amides is 1. The number of rotatable bonds is 7. The van der Waals surface area contributed by atoms with Crippen molar-refractivity contribution >= 4 is 11.6 Å². The van der Waals surface area contributed by atoms with E-state index in [0.717, 1.165) is 43.8 Å². The van der Waals surface area contributed by atoms with E-state index in [9.17, 15) is 13.6 Å². The minimum Gasteiger partial charge on any atom is -0.379 e. The zero-order valence-electron chi connectivity index (χ0n) is 16.4. The van der Waals surface area contributed by atoms with Crippen LogP contribution in [0.2, 0.25) is 0 Å². The lowest BCUT2D eigenvalue weighted by Gasteiger charge is -2.26. The van der Waals surface area contributed by atoms with Crippen LogP contribution in [0, 0.1) is 0 Å². The van der Waals surface area contributed by atoms with Gasteiger partial charge < -0.3 is 10.1 Å². The predicted octanol–water partition coefficient (Wildman–Crippen LogP) is 2.79. The molecule has 0 unspecified atom stereocenters. The zero-order valence-corrected chi connectivity index (χ0v) is 16.4. The topological polar surface area (TPSA) is 71.8 Å². The molecule has 1 aromatic carbocycles. The second-order valence-corrected chi connectivity index (χ2v) is 7.09. The molecule has 1 N–H and O–H groups in total. The summed E-state index contributed by atoms with van der Waals surface area (Å²) in [4.78, 5) is 19.4. The molecular weight excluding hydrogens is 392 g/mol. The van der Waals surface area contributed by atoms with Crippen LogP contribution in [0.5, 0.6) is 0 Å². The third-order valence-electron chi connectivity index (χ3n) is 5.08. The van der Waals surface area contributed by atoms with Gasteiger partial charge in [-0.2, -0.15) is 5.10 Å². The van der Waals surface area contributed by atoms with Gasteiger partial charge in [0.05, 0.1) is 25.1 Å². The number of hydrogen-bond acceptors (Lipinski definition) is 5. The van der Waals surface area contributed by atoms with Crippen LogP contribution in [0.3, 0.4) is 0 Å². The number of alkyl halides is 2. The van der Waals surface area contributed by atoms with Crippen LogP contribution >= 0.6 is 0 Å². The summed E-state index contributed by atoms with van der Waals surface area (Å²) in [6.45, 7) is 4.60. The molecule has 1 saturated heterocycles. The standard InChI is InChI=1S/C21H23F2N5O2/c22-19(23)18-13-17(15-5-2-1-3-6-15)26-20-16(14-25-28(18)20)21(29)24-7-4-8-27-9-11-30-12-10-27/h1-3,5-6,13-14,19H,4,7-12H2,(H,24,29). The van der Waals surface area contributed by atoms with E-state index < -0.39 is 6.43 Å². The van der Waals surface area contributed by atoms with Crippen LogP contribution in [-0.2, 0) is 4.74 Å². The Bertz CT molecular complexity index is 1000. The summed E-state index contributed by atoms with van der Waals surface area (Å²) in [5.41, 5.74) is 1.07. The fraction of sp³-hybridized carbons (Fsp3) is 0.381. The summed E-state index contributed by atoms with van der Waals surface area (Å²) >= 11 is 0. The molecule has 1 aliphatic rings. The number of morpholine rings is 1. The Kier molecular flexibility index (Phi) is 6.29. The van der Waals surface area contributed by atoms with Gasteiger partial charge in [0.25, 0.3) is 12.3 Å². The maximum atomic E-state index is 13.6. The number of nitrogens with one attached hydrogen (secondary N) is 1.